The minimum atomic E-state index is -0.741. The molecule has 0 aromatic rings. The van der Waals surface area contributed by atoms with Gasteiger partial charge in [0.05, 0.1) is 0 Å². The summed E-state index contributed by atoms with van der Waals surface area (Å²) in [5.41, 5.74) is 0.134. The Kier molecular flexibility index (Phi) is 2.90. The Bertz CT molecular complexity index is 284. The highest BCUT2D eigenvalue weighted by molar-refractivity contribution is 5.96. The zero-order valence-electron chi connectivity index (χ0n) is 8.33. The van der Waals surface area contributed by atoms with Crippen molar-refractivity contribution in [3.05, 3.63) is 11.6 Å². The lowest BCUT2D eigenvalue weighted by atomic mass is 9.88. The number of hydrogen-bond donors (Lipinski definition) is 0. The van der Waals surface area contributed by atoms with Crippen LogP contribution in [0.4, 0.5) is 0 Å². The fraction of sp³-hybridized carbons (Fsp3) is 0.556. The summed E-state index contributed by atoms with van der Waals surface area (Å²) in [5.74, 6) is -1.43. The number of carbonyl (C=O) groups excluding carboxylic acids is 2. The minimum Gasteiger partial charge on any atom is -0.255 e. The van der Waals surface area contributed by atoms with E-state index in [4.69, 9.17) is 0 Å². The third kappa shape index (κ3) is 3.18. The van der Waals surface area contributed by atoms with Gasteiger partial charge in [-0.25, -0.2) is 9.59 Å². The molecule has 1 aliphatic rings. The lowest BCUT2D eigenvalue weighted by Crippen LogP contribution is -2.13. The zero-order valence-corrected chi connectivity index (χ0v) is 8.33. The Morgan fingerprint density at radius 3 is 2.43 bits per heavy atom. The van der Waals surface area contributed by atoms with Crippen LogP contribution < -0.4 is 0 Å². The second-order valence-corrected chi connectivity index (χ2v) is 4.25. The van der Waals surface area contributed by atoms with Gasteiger partial charge >= 0.3 is 11.9 Å². The molecule has 0 aliphatic carbocycles. The van der Waals surface area contributed by atoms with E-state index in [0.717, 1.165) is 6.08 Å². The smallest absolute Gasteiger partial charge is 0.255 e. The number of hydrogen-bond acceptors (Lipinski definition) is 5. The molecule has 5 nitrogen and oxygen atoms in total. The van der Waals surface area contributed by atoms with Crippen LogP contribution in [0.25, 0.3) is 0 Å². The highest BCUT2D eigenvalue weighted by Crippen LogP contribution is 2.25. The summed E-state index contributed by atoms with van der Waals surface area (Å²) in [6.45, 7) is 5.83. The van der Waals surface area contributed by atoms with Crippen LogP contribution in [0.2, 0.25) is 0 Å². The molecule has 5 heteroatoms. The van der Waals surface area contributed by atoms with E-state index < -0.39 is 11.9 Å². The first-order valence-corrected chi connectivity index (χ1v) is 4.18. The maximum absolute atomic E-state index is 11.2. The van der Waals surface area contributed by atoms with Gasteiger partial charge in [0.2, 0.25) is 0 Å². The topological polar surface area (TPSA) is 61.8 Å². The standard InChI is InChI=1S/C9H12O5/c1-9(2,3)5-6-4-7(10)12-14-13-8(6)11/h4H,5H2,1-3H3. The second kappa shape index (κ2) is 3.79. The molecule has 0 atom stereocenters. The molecule has 0 aromatic heterocycles. The van der Waals surface area contributed by atoms with Crippen molar-refractivity contribution in [2.45, 2.75) is 27.2 Å². The first-order chi connectivity index (χ1) is 6.38. The highest BCUT2D eigenvalue weighted by Gasteiger charge is 2.24. The maximum atomic E-state index is 11.2. The van der Waals surface area contributed by atoms with E-state index in [1.165, 1.54) is 0 Å². The molecular formula is C9H12O5. The van der Waals surface area contributed by atoms with Crippen LogP contribution in [0.15, 0.2) is 11.6 Å². The fourth-order valence-electron chi connectivity index (χ4n) is 1.05. The lowest BCUT2D eigenvalue weighted by molar-refractivity contribution is -0.454. The van der Waals surface area contributed by atoms with Crippen LogP contribution >= 0.6 is 0 Å². The normalized spacial score (nSPS) is 18.1. The lowest BCUT2D eigenvalue weighted by Gasteiger charge is -2.17. The van der Waals surface area contributed by atoms with Gasteiger partial charge in [-0.1, -0.05) is 20.8 Å². The van der Waals surface area contributed by atoms with Gasteiger partial charge in [0.15, 0.2) is 0 Å². The molecule has 1 aliphatic heterocycles. The van der Waals surface area contributed by atoms with Crippen molar-refractivity contribution in [2.75, 3.05) is 0 Å². The van der Waals surface area contributed by atoms with Crippen molar-refractivity contribution in [1.82, 2.24) is 0 Å². The molecule has 0 N–H and O–H groups in total. The third-order valence-corrected chi connectivity index (χ3v) is 1.50. The van der Waals surface area contributed by atoms with Gasteiger partial charge in [0.25, 0.3) is 0 Å². The molecular weight excluding hydrogens is 188 g/mol. The van der Waals surface area contributed by atoms with Gasteiger partial charge in [-0.2, -0.15) is 0 Å². The average molecular weight is 200 g/mol. The molecule has 0 saturated heterocycles. The van der Waals surface area contributed by atoms with Gasteiger partial charge in [0.1, 0.15) is 0 Å². The van der Waals surface area contributed by atoms with Crippen molar-refractivity contribution in [2.24, 2.45) is 5.41 Å². The molecule has 0 spiro atoms. The monoisotopic (exact) mass is 200 g/mol. The molecule has 14 heavy (non-hydrogen) atoms. The van der Waals surface area contributed by atoms with Crippen LogP contribution in [0.3, 0.4) is 0 Å². The molecule has 0 bridgehead atoms. The van der Waals surface area contributed by atoms with Gasteiger partial charge in [-0.05, 0) is 11.8 Å². The highest BCUT2D eigenvalue weighted by atomic mass is 17.5. The van der Waals surface area contributed by atoms with Crippen molar-refractivity contribution >= 4 is 11.9 Å². The van der Waals surface area contributed by atoms with Crippen molar-refractivity contribution in [3.63, 3.8) is 0 Å². The summed E-state index contributed by atoms with van der Waals surface area (Å²) in [5, 5.41) is 3.91. The molecule has 0 radical (unpaired) electrons. The Hall–Kier alpha value is -1.36. The molecule has 1 rings (SSSR count). The number of carbonyl (C=O) groups is 2. The molecule has 0 saturated carbocycles. The maximum Gasteiger partial charge on any atom is 0.373 e. The van der Waals surface area contributed by atoms with Gasteiger partial charge < -0.3 is 0 Å². The Labute approximate surface area is 81.5 Å². The summed E-state index contributed by atoms with van der Waals surface area (Å²) < 4.78 is 0. The number of rotatable bonds is 1. The molecule has 0 fully saturated rings. The zero-order chi connectivity index (χ0) is 10.8. The second-order valence-electron chi connectivity index (χ2n) is 4.25. The summed E-state index contributed by atoms with van der Waals surface area (Å²) in [6.07, 6.45) is 1.50. The van der Waals surface area contributed by atoms with Crippen molar-refractivity contribution in [3.8, 4) is 0 Å². The Morgan fingerprint density at radius 2 is 1.86 bits per heavy atom. The van der Waals surface area contributed by atoms with Crippen LogP contribution in [-0.4, -0.2) is 11.9 Å². The van der Waals surface area contributed by atoms with E-state index in [1.54, 1.807) is 0 Å². The van der Waals surface area contributed by atoms with Gasteiger partial charge in [-0.3, -0.25) is 9.78 Å². The molecule has 0 amide bonds. The van der Waals surface area contributed by atoms with Crippen LogP contribution in [-0.2, 0) is 24.4 Å². The van der Waals surface area contributed by atoms with Crippen molar-refractivity contribution in [1.29, 1.82) is 0 Å². The SMILES string of the molecule is CC(C)(C)CC1=CC(=O)OOOC1=O. The van der Waals surface area contributed by atoms with Gasteiger partial charge in [-0.15, -0.1) is 0 Å². The van der Waals surface area contributed by atoms with E-state index in [-0.39, 0.29) is 11.0 Å². The van der Waals surface area contributed by atoms with E-state index in [1.807, 2.05) is 20.8 Å². The third-order valence-electron chi connectivity index (χ3n) is 1.50. The summed E-state index contributed by atoms with van der Waals surface area (Å²) in [7, 11) is 0. The van der Waals surface area contributed by atoms with Crippen LogP contribution in [0.5, 0.6) is 0 Å². The largest absolute Gasteiger partial charge is 0.373 e. The van der Waals surface area contributed by atoms with Gasteiger partial charge in [0, 0.05) is 16.7 Å². The van der Waals surface area contributed by atoms with Crippen molar-refractivity contribution < 1.29 is 24.4 Å². The Morgan fingerprint density at radius 1 is 1.21 bits per heavy atom. The molecule has 0 aromatic carbocycles. The quantitative estimate of drug-likeness (QED) is 0.597. The summed E-state index contributed by atoms with van der Waals surface area (Å²) >= 11 is 0. The van der Waals surface area contributed by atoms with E-state index >= 15 is 0 Å². The van der Waals surface area contributed by atoms with E-state index in [0.29, 0.717) is 6.42 Å². The molecule has 0 unspecified atom stereocenters. The fourth-order valence-corrected chi connectivity index (χ4v) is 1.05. The van der Waals surface area contributed by atoms with E-state index in [2.05, 4.69) is 14.8 Å². The summed E-state index contributed by atoms with van der Waals surface area (Å²) in [4.78, 5) is 30.3. The molecule has 1 heterocycles. The Balaban J connectivity index is 2.81. The minimum absolute atomic E-state index is 0.116. The molecule has 78 valence electrons. The van der Waals surface area contributed by atoms with Crippen LogP contribution in [0, 0.1) is 5.41 Å². The summed E-state index contributed by atoms with van der Waals surface area (Å²) in [6, 6.07) is 0. The predicted molar refractivity (Wildman–Crippen MR) is 45.4 cm³/mol. The average Bonchev–Trinajstić information content (AvgIpc) is 2.11. The first kappa shape index (κ1) is 10.7. The van der Waals surface area contributed by atoms with Crippen LogP contribution in [0.1, 0.15) is 27.2 Å². The van der Waals surface area contributed by atoms with E-state index in [9.17, 15) is 9.59 Å². The predicted octanol–water partition coefficient (Wildman–Crippen LogP) is 1.30. The first-order valence-electron chi connectivity index (χ1n) is 4.18.